The molecule has 1 atom stereocenters. The summed E-state index contributed by atoms with van der Waals surface area (Å²) in [6, 6.07) is 9.58. The molecule has 0 fully saturated rings. The first kappa shape index (κ1) is 15.0. The van der Waals surface area contributed by atoms with Crippen LogP contribution in [0.5, 0.6) is 5.75 Å². The fourth-order valence-corrected chi connectivity index (χ4v) is 2.52. The van der Waals surface area contributed by atoms with E-state index in [-0.39, 0.29) is 12.6 Å². The number of methoxy groups -OCH3 is 1. The molecule has 0 radical (unpaired) electrons. The molecule has 1 unspecified atom stereocenters. The molecule has 0 bridgehead atoms. The third-order valence-electron chi connectivity index (χ3n) is 3.07. The van der Waals surface area contributed by atoms with Gasteiger partial charge in [-0.15, -0.1) is 11.8 Å². The molecule has 20 heavy (non-hydrogen) atoms. The van der Waals surface area contributed by atoms with Crippen LogP contribution in [0.15, 0.2) is 45.9 Å². The van der Waals surface area contributed by atoms with Gasteiger partial charge in [0, 0.05) is 11.4 Å². The van der Waals surface area contributed by atoms with E-state index < -0.39 is 0 Å². The van der Waals surface area contributed by atoms with Crippen molar-refractivity contribution in [3.05, 3.63) is 47.9 Å². The normalized spacial score (nSPS) is 12.3. The average Bonchev–Trinajstić information content (AvgIpc) is 3.02. The van der Waals surface area contributed by atoms with Crippen molar-refractivity contribution in [2.75, 3.05) is 20.0 Å². The Labute approximate surface area is 123 Å². The van der Waals surface area contributed by atoms with Crippen LogP contribution >= 0.6 is 11.8 Å². The molecule has 0 aliphatic heterocycles. The van der Waals surface area contributed by atoms with Crippen LogP contribution in [0.3, 0.4) is 0 Å². The first-order valence-corrected chi connectivity index (χ1v) is 7.59. The van der Waals surface area contributed by atoms with Crippen molar-refractivity contribution in [2.24, 2.45) is 0 Å². The van der Waals surface area contributed by atoms with E-state index in [0.717, 1.165) is 22.0 Å². The number of furan rings is 1. The molecule has 108 valence electrons. The molecule has 0 amide bonds. The first-order chi connectivity index (χ1) is 9.78. The number of thioether (sulfide) groups is 1. The highest BCUT2D eigenvalue weighted by molar-refractivity contribution is 7.98. The zero-order chi connectivity index (χ0) is 14.4. The van der Waals surface area contributed by atoms with Crippen LogP contribution in [0.4, 0.5) is 0 Å². The molecule has 2 aromatic rings. The molecular weight excluding hydrogens is 274 g/mol. The maximum absolute atomic E-state index is 9.41. The van der Waals surface area contributed by atoms with E-state index in [4.69, 9.17) is 9.15 Å². The molecule has 0 saturated carbocycles. The first-order valence-electron chi connectivity index (χ1n) is 6.37. The van der Waals surface area contributed by atoms with Crippen molar-refractivity contribution in [3.63, 3.8) is 0 Å². The zero-order valence-corrected chi connectivity index (χ0v) is 12.4. The van der Waals surface area contributed by atoms with Crippen LogP contribution in [0, 0.1) is 0 Å². The minimum Gasteiger partial charge on any atom is -0.496 e. The van der Waals surface area contributed by atoms with E-state index in [0.29, 0.717) is 6.54 Å². The topological polar surface area (TPSA) is 54.6 Å². The quantitative estimate of drug-likeness (QED) is 0.769. The number of aliphatic hydroxyl groups is 1. The van der Waals surface area contributed by atoms with Gasteiger partial charge in [0.25, 0.3) is 0 Å². The van der Waals surface area contributed by atoms with Crippen molar-refractivity contribution in [3.8, 4) is 5.75 Å². The van der Waals surface area contributed by atoms with Gasteiger partial charge in [-0.3, -0.25) is 0 Å². The average molecular weight is 293 g/mol. The van der Waals surface area contributed by atoms with Crippen molar-refractivity contribution < 1.29 is 14.3 Å². The Kier molecular flexibility index (Phi) is 5.52. The molecule has 0 aliphatic carbocycles. The third-order valence-corrected chi connectivity index (χ3v) is 3.85. The molecule has 1 aromatic heterocycles. The fourth-order valence-electron chi connectivity index (χ4n) is 1.98. The lowest BCUT2D eigenvalue weighted by molar-refractivity contribution is 0.225. The van der Waals surface area contributed by atoms with Crippen molar-refractivity contribution in [1.29, 1.82) is 0 Å². The summed E-state index contributed by atoms with van der Waals surface area (Å²) in [7, 11) is 1.67. The predicted octanol–water partition coefficient (Wildman–Crippen LogP) is 2.83. The van der Waals surface area contributed by atoms with E-state index in [2.05, 4.69) is 11.4 Å². The highest BCUT2D eigenvalue weighted by Crippen LogP contribution is 2.28. The van der Waals surface area contributed by atoms with Gasteiger partial charge in [0.1, 0.15) is 11.5 Å². The Bertz CT molecular complexity index is 528. The van der Waals surface area contributed by atoms with Gasteiger partial charge in [0.15, 0.2) is 0 Å². The number of hydrogen-bond acceptors (Lipinski definition) is 5. The van der Waals surface area contributed by atoms with Gasteiger partial charge in [-0.25, -0.2) is 0 Å². The summed E-state index contributed by atoms with van der Waals surface area (Å²) in [6.07, 6.45) is 3.63. The minimum atomic E-state index is -0.198. The molecule has 4 nitrogen and oxygen atoms in total. The van der Waals surface area contributed by atoms with E-state index in [1.807, 2.05) is 30.5 Å². The molecule has 2 N–H and O–H groups in total. The van der Waals surface area contributed by atoms with Crippen LogP contribution in [0.2, 0.25) is 0 Å². The fraction of sp³-hybridized carbons (Fsp3) is 0.333. The second-order valence-electron chi connectivity index (χ2n) is 4.32. The molecule has 0 aliphatic rings. The summed E-state index contributed by atoms with van der Waals surface area (Å²) in [5, 5.41) is 12.7. The van der Waals surface area contributed by atoms with Crippen molar-refractivity contribution in [2.45, 2.75) is 17.5 Å². The lowest BCUT2D eigenvalue weighted by Crippen LogP contribution is -2.23. The Morgan fingerprint density at radius 2 is 2.25 bits per heavy atom. The van der Waals surface area contributed by atoms with Gasteiger partial charge in [-0.05, 0) is 36.1 Å². The Hall–Kier alpha value is -1.43. The lowest BCUT2D eigenvalue weighted by Gasteiger charge is -2.15. The van der Waals surface area contributed by atoms with E-state index in [1.54, 1.807) is 25.1 Å². The second-order valence-corrected chi connectivity index (χ2v) is 5.17. The Morgan fingerprint density at radius 3 is 2.85 bits per heavy atom. The summed E-state index contributed by atoms with van der Waals surface area (Å²) in [6.45, 7) is 0.629. The van der Waals surface area contributed by atoms with Crippen LogP contribution in [0.1, 0.15) is 17.4 Å². The number of benzene rings is 1. The Balaban J connectivity index is 2.03. The van der Waals surface area contributed by atoms with Crippen molar-refractivity contribution in [1.82, 2.24) is 5.32 Å². The van der Waals surface area contributed by atoms with Crippen molar-refractivity contribution >= 4 is 11.8 Å². The SMILES string of the molecule is COc1cc(CNC(CO)c2ccco2)ccc1SC. The smallest absolute Gasteiger partial charge is 0.132 e. The van der Waals surface area contributed by atoms with E-state index in [9.17, 15) is 5.11 Å². The summed E-state index contributed by atoms with van der Waals surface area (Å²) < 4.78 is 10.7. The van der Waals surface area contributed by atoms with Crippen LogP contribution in [0.25, 0.3) is 0 Å². The third kappa shape index (κ3) is 3.56. The molecular formula is C15H19NO3S. The molecule has 2 rings (SSSR count). The van der Waals surface area contributed by atoms with Gasteiger partial charge in [-0.2, -0.15) is 0 Å². The maximum Gasteiger partial charge on any atom is 0.132 e. The van der Waals surface area contributed by atoms with Crippen LogP contribution in [-0.2, 0) is 6.54 Å². The molecule has 1 heterocycles. The van der Waals surface area contributed by atoms with Gasteiger partial charge in [0.2, 0.25) is 0 Å². The largest absolute Gasteiger partial charge is 0.496 e. The minimum absolute atomic E-state index is 0.00641. The Morgan fingerprint density at radius 1 is 1.40 bits per heavy atom. The van der Waals surface area contributed by atoms with E-state index in [1.165, 1.54) is 0 Å². The summed E-state index contributed by atoms with van der Waals surface area (Å²) in [4.78, 5) is 1.11. The number of nitrogens with one attached hydrogen (secondary N) is 1. The predicted molar refractivity (Wildman–Crippen MR) is 80.1 cm³/mol. The second kappa shape index (κ2) is 7.38. The number of aliphatic hydroxyl groups excluding tert-OH is 1. The highest BCUT2D eigenvalue weighted by Gasteiger charge is 2.12. The standard InChI is InChI=1S/C15H19NO3S/c1-18-14-8-11(5-6-15(14)20-2)9-16-12(10-17)13-4-3-7-19-13/h3-8,12,16-17H,9-10H2,1-2H3. The zero-order valence-electron chi connectivity index (χ0n) is 11.6. The summed E-state index contributed by atoms with van der Waals surface area (Å²) >= 11 is 1.66. The van der Waals surface area contributed by atoms with E-state index >= 15 is 0 Å². The highest BCUT2D eigenvalue weighted by atomic mass is 32.2. The lowest BCUT2D eigenvalue weighted by atomic mass is 10.2. The van der Waals surface area contributed by atoms with Gasteiger partial charge in [0.05, 0.1) is 26.0 Å². The van der Waals surface area contributed by atoms with Gasteiger partial charge in [-0.1, -0.05) is 6.07 Å². The maximum atomic E-state index is 9.41. The molecule has 0 saturated heterocycles. The molecule has 5 heteroatoms. The monoisotopic (exact) mass is 293 g/mol. The summed E-state index contributed by atoms with van der Waals surface area (Å²) in [5.74, 6) is 1.61. The van der Waals surface area contributed by atoms with Gasteiger partial charge < -0.3 is 19.6 Å². The summed E-state index contributed by atoms with van der Waals surface area (Å²) in [5.41, 5.74) is 1.10. The molecule has 1 aromatic carbocycles. The number of ether oxygens (including phenoxy) is 1. The van der Waals surface area contributed by atoms with Gasteiger partial charge >= 0.3 is 0 Å². The van der Waals surface area contributed by atoms with Crippen LogP contribution < -0.4 is 10.1 Å². The van der Waals surface area contributed by atoms with Crippen LogP contribution in [-0.4, -0.2) is 25.1 Å². The number of hydrogen-bond donors (Lipinski definition) is 2. The molecule has 0 spiro atoms. The number of rotatable bonds is 7.